The van der Waals surface area contributed by atoms with Crippen molar-refractivity contribution in [2.24, 2.45) is 7.05 Å². The molecule has 0 fully saturated rings. The Hall–Kier alpha value is -2.85. The third kappa shape index (κ3) is 5.31. The molecule has 0 aliphatic carbocycles. The van der Waals surface area contributed by atoms with Crippen LogP contribution < -0.4 is 10.1 Å². The molecule has 1 N–H and O–H groups in total. The molecule has 0 bridgehead atoms. The van der Waals surface area contributed by atoms with E-state index < -0.39 is 5.97 Å². The number of nitrogens with one attached hydrogen (secondary N) is 1. The number of benzene rings is 1. The van der Waals surface area contributed by atoms with Gasteiger partial charge in [0.15, 0.2) is 11.0 Å². The number of carbonyl (C=O) groups is 2. The van der Waals surface area contributed by atoms with Gasteiger partial charge in [0.2, 0.25) is 5.91 Å². The Labute approximate surface area is 195 Å². The Balaban J connectivity index is 1.59. The van der Waals surface area contributed by atoms with Gasteiger partial charge in [0.05, 0.1) is 18.4 Å². The summed E-state index contributed by atoms with van der Waals surface area (Å²) in [5.41, 5.74) is 3.58. The van der Waals surface area contributed by atoms with Crippen LogP contribution in [0.15, 0.2) is 23.4 Å². The molecule has 32 heavy (non-hydrogen) atoms. The van der Waals surface area contributed by atoms with Crippen LogP contribution >= 0.6 is 23.1 Å². The van der Waals surface area contributed by atoms with Crippen LogP contribution in [0, 0.1) is 27.7 Å². The number of carbonyl (C=O) groups excluding carboxylic acids is 2. The molecule has 0 unspecified atom stereocenters. The Morgan fingerprint density at radius 1 is 1.16 bits per heavy atom. The van der Waals surface area contributed by atoms with Gasteiger partial charge in [-0.15, -0.1) is 21.5 Å². The minimum atomic E-state index is -0.462. The monoisotopic (exact) mass is 474 g/mol. The SMILES string of the molecule is COC(=O)c1c(NC(=O)CSc2nnc(COc3ccc(C)c(C)c3)n2C)sc(C)c1C. The lowest BCUT2D eigenvalue weighted by molar-refractivity contribution is -0.113. The fourth-order valence-electron chi connectivity index (χ4n) is 2.90. The molecular formula is C22H26N4O4S2. The molecule has 2 aromatic heterocycles. The predicted octanol–water partition coefficient (Wildman–Crippen LogP) is 4.21. The highest BCUT2D eigenvalue weighted by atomic mass is 32.2. The lowest BCUT2D eigenvalue weighted by atomic mass is 10.1. The van der Waals surface area contributed by atoms with Crippen molar-refractivity contribution in [1.29, 1.82) is 0 Å². The summed E-state index contributed by atoms with van der Waals surface area (Å²) in [7, 11) is 3.16. The first-order chi connectivity index (χ1) is 15.2. The van der Waals surface area contributed by atoms with Crippen molar-refractivity contribution in [3.8, 4) is 5.75 Å². The second kappa shape index (κ2) is 10.2. The number of rotatable bonds is 8. The first kappa shape index (κ1) is 23.8. The van der Waals surface area contributed by atoms with Crippen LogP contribution in [0.1, 0.15) is 37.7 Å². The largest absolute Gasteiger partial charge is 0.486 e. The zero-order valence-electron chi connectivity index (χ0n) is 18.9. The molecule has 10 heteroatoms. The van der Waals surface area contributed by atoms with E-state index in [2.05, 4.69) is 22.4 Å². The summed E-state index contributed by atoms with van der Waals surface area (Å²) >= 11 is 2.62. The molecule has 0 radical (unpaired) electrons. The van der Waals surface area contributed by atoms with Crippen LogP contribution in [0.5, 0.6) is 5.75 Å². The van der Waals surface area contributed by atoms with E-state index in [9.17, 15) is 9.59 Å². The molecule has 170 valence electrons. The number of esters is 1. The van der Waals surface area contributed by atoms with Crippen molar-refractivity contribution in [1.82, 2.24) is 14.8 Å². The fourth-order valence-corrected chi connectivity index (χ4v) is 4.70. The van der Waals surface area contributed by atoms with Crippen LogP contribution in [0.25, 0.3) is 0 Å². The van der Waals surface area contributed by atoms with Gasteiger partial charge < -0.3 is 19.4 Å². The summed E-state index contributed by atoms with van der Waals surface area (Å²) < 4.78 is 12.5. The maximum atomic E-state index is 12.5. The van der Waals surface area contributed by atoms with Gasteiger partial charge in [-0.05, 0) is 56.5 Å². The molecule has 1 aromatic carbocycles. The smallest absolute Gasteiger partial charge is 0.341 e. The second-order valence-corrected chi connectivity index (χ2v) is 9.48. The van der Waals surface area contributed by atoms with Crippen molar-refractivity contribution in [3.05, 3.63) is 51.2 Å². The van der Waals surface area contributed by atoms with Gasteiger partial charge in [-0.1, -0.05) is 17.8 Å². The maximum Gasteiger partial charge on any atom is 0.341 e. The van der Waals surface area contributed by atoms with E-state index in [4.69, 9.17) is 9.47 Å². The van der Waals surface area contributed by atoms with E-state index in [0.717, 1.165) is 21.8 Å². The number of ether oxygens (including phenoxy) is 2. The van der Waals surface area contributed by atoms with E-state index in [0.29, 0.717) is 21.5 Å². The first-order valence-corrected chi connectivity index (χ1v) is 11.7. The van der Waals surface area contributed by atoms with Crippen LogP contribution in [0.2, 0.25) is 0 Å². The number of nitrogens with zero attached hydrogens (tertiary/aromatic N) is 3. The average Bonchev–Trinajstić information content (AvgIpc) is 3.25. The summed E-state index contributed by atoms with van der Waals surface area (Å²) in [4.78, 5) is 25.5. The van der Waals surface area contributed by atoms with Crippen LogP contribution in [0.4, 0.5) is 5.00 Å². The molecule has 2 heterocycles. The van der Waals surface area contributed by atoms with E-state index in [1.54, 1.807) is 4.57 Å². The average molecular weight is 475 g/mol. The Morgan fingerprint density at radius 2 is 1.91 bits per heavy atom. The number of aromatic nitrogens is 3. The van der Waals surface area contributed by atoms with Crippen LogP contribution in [-0.4, -0.2) is 39.5 Å². The molecule has 3 rings (SSSR count). The molecular weight excluding hydrogens is 448 g/mol. The Kier molecular flexibility index (Phi) is 7.57. The minimum Gasteiger partial charge on any atom is -0.486 e. The Morgan fingerprint density at radius 3 is 2.59 bits per heavy atom. The number of aryl methyl sites for hydroxylation is 3. The zero-order valence-corrected chi connectivity index (χ0v) is 20.6. The Bertz CT molecular complexity index is 1150. The van der Waals surface area contributed by atoms with Gasteiger partial charge in [0, 0.05) is 11.9 Å². The maximum absolute atomic E-state index is 12.5. The minimum absolute atomic E-state index is 0.126. The number of hydrogen-bond donors (Lipinski definition) is 1. The number of amides is 1. The molecule has 1 amide bonds. The van der Waals surface area contributed by atoms with Crippen molar-refractivity contribution in [2.75, 3.05) is 18.2 Å². The lowest BCUT2D eigenvalue weighted by Gasteiger charge is -2.08. The number of hydrogen-bond acceptors (Lipinski definition) is 8. The quantitative estimate of drug-likeness (QED) is 0.386. The van der Waals surface area contributed by atoms with Crippen molar-refractivity contribution < 1.29 is 19.1 Å². The number of anilines is 1. The number of methoxy groups -OCH3 is 1. The normalized spacial score (nSPS) is 10.8. The van der Waals surface area contributed by atoms with Gasteiger partial charge in [0.1, 0.15) is 17.4 Å². The van der Waals surface area contributed by atoms with E-state index in [1.165, 1.54) is 35.8 Å². The van der Waals surface area contributed by atoms with E-state index in [1.807, 2.05) is 46.0 Å². The molecule has 0 aliphatic rings. The third-order valence-corrected chi connectivity index (χ3v) is 7.27. The van der Waals surface area contributed by atoms with Crippen molar-refractivity contribution in [3.63, 3.8) is 0 Å². The third-order valence-electron chi connectivity index (χ3n) is 5.13. The summed E-state index contributed by atoms with van der Waals surface area (Å²) in [6.45, 7) is 8.10. The van der Waals surface area contributed by atoms with E-state index in [-0.39, 0.29) is 18.3 Å². The molecule has 0 aliphatic heterocycles. The highest BCUT2D eigenvalue weighted by molar-refractivity contribution is 7.99. The molecule has 0 saturated carbocycles. The van der Waals surface area contributed by atoms with Crippen molar-refractivity contribution in [2.45, 2.75) is 39.5 Å². The summed E-state index contributed by atoms with van der Waals surface area (Å²) in [6.07, 6.45) is 0. The molecule has 8 nitrogen and oxygen atoms in total. The van der Waals surface area contributed by atoms with Gasteiger partial charge in [-0.25, -0.2) is 4.79 Å². The van der Waals surface area contributed by atoms with Crippen LogP contribution in [-0.2, 0) is 23.2 Å². The summed E-state index contributed by atoms with van der Waals surface area (Å²) in [5.74, 6) is 0.853. The first-order valence-electron chi connectivity index (χ1n) is 9.90. The summed E-state index contributed by atoms with van der Waals surface area (Å²) in [5, 5.41) is 12.2. The molecule has 0 saturated heterocycles. The molecule has 0 spiro atoms. The lowest BCUT2D eigenvalue weighted by Crippen LogP contribution is -2.16. The zero-order chi connectivity index (χ0) is 23.4. The highest BCUT2D eigenvalue weighted by Crippen LogP contribution is 2.33. The van der Waals surface area contributed by atoms with Gasteiger partial charge >= 0.3 is 5.97 Å². The van der Waals surface area contributed by atoms with Crippen LogP contribution in [0.3, 0.4) is 0 Å². The van der Waals surface area contributed by atoms with Gasteiger partial charge in [0.25, 0.3) is 0 Å². The standard InChI is InChI=1S/C22H26N4O4S2/c1-12-7-8-16(9-13(12)2)30-10-17-24-25-22(26(17)5)31-11-18(27)23-20-19(21(28)29-6)14(3)15(4)32-20/h7-9H,10-11H2,1-6H3,(H,23,27). The summed E-state index contributed by atoms with van der Waals surface area (Å²) in [6, 6.07) is 5.93. The predicted molar refractivity (Wildman–Crippen MR) is 126 cm³/mol. The van der Waals surface area contributed by atoms with Gasteiger partial charge in [-0.2, -0.15) is 0 Å². The molecule has 0 atom stereocenters. The topological polar surface area (TPSA) is 95.3 Å². The van der Waals surface area contributed by atoms with Gasteiger partial charge in [-0.3, -0.25) is 4.79 Å². The number of thiophene rings is 1. The second-order valence-electron chi connectivity index (χ2n) is 7.31. The molecule has 3 aromatic rings. The van der Waals surface area contributed by atoms with E-state index >= 15 is 0 Å². The number of thioether (sulfide) groups is 1. The highest BCUT2D eigenvalue weighted by Gasteiger charge is 2.22. The fraction of sp³-hybridized carbons (Fsp3) is 0.364. The van der Waals surface area contributed by atoms with Crippen molar-refractivity contribution >= 4 is 40.0 Å².